The zero-order valence-electron chi connectivity index (χ0n) is 8.84. The first kappa shape index (κ1) is 12.7. The van der Waals surface area contributed by atoms with Crippen LogP contribution in [-0.4, -0.2) is 11.2 Å². The molecule has 1 aromatic rings. The van der Waals surface area contributed by atoms with E-state index in [1.54, 1.807) is 6.07 Å². The molecule has 0 saturated carbocycles. The van der Waals surface area contributed by atoms with Crippen molar-refractivity contribution in [1.29, 1.82) is 0 Å². The molecule has 0 heterocycles. The predicted molar refractivity (Wildman–Crippen MR) is 63.3 cm³/mol. The lowest BCUT2D eigenvalue weighted by molar-refractivity contribution is 0.153. The van der Waals surface area contributed by atoms with Crippen LogP contribution in [0.1, 0.15) is 31.7 Å². The standard InChI is InChI=1S/C12H16BrFO/c1-2-3-11(15)7-5-9-4-6-10(13)8-12(9)14/h4,6,8,11,15H,2-3,5,7H2,1H3. The largest absolute Gasteiger partial charge is 0.393 e. The molecule has 0 saturated heterocycles. The molecule has 0 amide bonds. The first-order valence-electron chi connectivity index (χ1n) is 5.25. The van der Waals surface area contributed by atoms with Crippen molar-refractivity contribution in [2.45, 2.75) is 38.7 Å². The van der Waals surface area contributed by atoms with Crippen LogP contribution in [0.5, 0.6) is 0 Å². The first-order chi connectivity index (χ1) is 7.13. The number of hydrogen-bond donors (Lipinski definition) is 1. The molecular weight excluding hydrogens is 259 g/mol. The van der Waals surface area contributed by atoms with E-state index in [0.717, 1.165) is 17.3 Å². The van der Waals surface area contributed by atoms with E-state index in [1.165, 1.54) is 6.07 Å². The Bertz CT molecular complexity index is 314. The van der Waals surface area contributed by atoms with E-state index < -0.39 is 0 Å². The van der Waals surface area contributed by atoms with E-state index >= 15 is 0 Å². The Balaban J connectivity index is 2.50. The van der Waals surface area contributed by atoms with Gasteiger partial charge in [-0.2, -0.15) is 0 Å². The van der Waals surface area contributed by atoms with Crippen molar-refractivity contribution in [1.82, 2.24) is 0 Å². The lowest BCUT2D eigenvalue weighted by atomic mass is 10.0. The van der Waals surface area contributed by atoms with Gasteiger partial charge in [-0.3, -0.25) is 0 Å². The van der Waals surface area contributed by atoms with E-state index in [4.69, 9.17) is 0 Å². The lowest BCUT2D eigenvalue weighted by Gasteiger charge is -2.09. The molecule has 15 heavy (non-hydrogen) atoms. The quantitative estimate of drug-likeness (QED) is 0.869. The average Bonchev–Trinajstić information content (AvgIpc) is 2.17. The maximum absolute atomic E-state index is 13.4. The maximum atomic E-state index is 13.4. The van der Waals surface area contributed by atoms with Gasteiger partial charge in [0.25, 0.3) is 0 Å². The third kappa shape index (κ3) is 4.31. The Hall–Kier alpha value is -0.410. The Morgan fingerprint density at radius 2 is 2.13 bits per heavy atom. The van der Waals surface area contributed by atoms with Gasteiger partial charge in [0.05, 0.1) is 6.10 Å². The minimum Gasteiger partial charge on any atom is -0.393 e. The Morgan fingerprint density at radius 1 is 1.40 bits per heavy atom. The highest BCUT2D eigenvalue weighted by Crippen LogP contribution is 2.17. The SMILES string of the molecule is CCCC(O)CCc1ccc(Br)cc1F. The minimum absolute atomic E-state index is 0.201. The zero-order valence-corrected chi connectivity index (χ0v) is 10.4. The van der Waals surface area contributed by atoms with Crippen molar-refractivity contribution in [3.05, 3.63) is 34.1 Å². The van der Waals surface area contributed by atoms with Crippen molar-refractivity contribution in [2.24, 2.45) is 0 Å². The summed E-state index contributed by atoms with van der Waals surface area (Å²) in [7, 11) is 0. The van der Waals surface area contributed by atoms with Crippen molar-refractivity contribution >= 4 is 15.9 Å². The number of aliphatic hydroxyl groups excluding tert-OH is 1. The second-order valence-corrected chi connectivity index (χ2v) is 4.63. The van der Waals surface area contributed by atoms with Crippen LogP contribution in [0.2, 0.25) is 0 Å². The average molecular weight is 275 g/mol. The zero-order chi connectivity index (χ0) is 11.3. The summed E-state index contributed by atoms with van der Waals surface area (Å²) < 4.78 is 14.1. The highest BCUT2D eigenvalue weighted by molar-refractivity contribution is 9.10. The molecule has 0 aliphatic carbocycles. The summed E-state index contributed by atoms with van der Waals surface area (Å²) in [6.07, 6.45) is 2.67. The summed E-state index contributed by atoms with van der Waals surface area (Å²) in [4.78, 5) is 0. The smallest absolute Gasteiger partial charge is 0.127 e. The van der Waals surface area contributed by atoms with Crippen molar-refractivity contribution < 1.29 is 9.50 Å². The van der Waals surface area contributed by atoms with Gasteiger partial charge in [-0.05, 0) is 37.0 Å². The molecule has 84 valence electrons. The fourth-order valence-corrected chi connectivity index (χ4v) is 1.86. The van der Waals surface area contributed by atoms with Crippen molar-refractivity contribution in [3.8, 4) is 0 Å². The molecule has 0 aromatic heterocycles. The fraction of sp³-hybridized carbons (Fsp3) is 0.500. The second kappa shape index (κ2) is 6.23. The Morgan fingerprint density at radius 3 is 2.73 bits per heavy atom. The van der Waals surface area contributed by atoms with Crippen LogP contribution in [0, 0.1) is 5.82 Å². The van der Waals surface area contributed by atoms with Gasteiger partial charge in [-0.15, -0.1) is 0 Å². The van der Waals surface area contributed by atoms with Crippen LogP contribution in [0.15, 0.2) is 22.7 Å². The summed E-state index contributed by atoms with van der Waals surface area (Å²) in [5, 5.41) is 9.52. The van der Waals surface area contributed by atoms with E-state index in [0.29, 0.717) is 18.4 Å². The van der Waals surface area contributed by atoms with Gasteiger partial charge >= 0.3 is 0 Å². The van der Waals surface area contributed by atoms with E-state index in [9.17, 15) is 9.50 Å². The molecule has 0 aliphatic rings. The van der Waals surface area contributed by atoms with Gasteiger partial charge in [0.2, 0.25) is 0 Å². The van der Waals surface area contributed by atoms with E-state index in [1.807, 2.05) is 13.0 Å². The third-order valence-corrected chi connectivity index (χ3v) is 2.88. The molecular formula is C12H16BrFO. The van der Waals surface area contributed by atoms with Crippen molar-refractivity contribution in [2.75, 3.05) is 0 Å². The highest BCUT2D eigenvalue weighted by atomic mass is 79.9. The number of rotatable bonds is 5. The molecule has 1 atom stereocenters. The van der Waals surface area contributed by atoms with Gasteiger partial charge in [0.1, 0.15) is 5.82 Å². The van der Waals surface area contributed by atoms with Gasteiger partial charge in [-0.1, -0.05) is 35.3 Å². The highest BCUT2D eigenvalue weighted by Gasteiger charge is 2.06. The molecule has 0 bridgehead atoms. The van der Waals surface area contributed by atoms with Gasteiger partial charge in [0.15, 0.2) is 0 Å². The molecule has 1 unspecified atom stereocenters. The summed E-state index contributed by atoms with van der Waals surface area (Å²) in [6.45, 7) is 2.03. The monoisotopic (exact) mass is 274 g/mol. The molecule has 1 N–H and O–H groups in total. The van der Waals surface area contributed by atoms with Crippen LogP contribution in [0.4, 0.5) is 4.39 Å². The van der Waals surface area contributed by atoms with Crippen molar-refractivity contribution in [3.63, 3.8) is 0 Å². The Labute approximate surface area is 98.4 Å². The van der Waals surface area contributed by atoms with E-state index in [-0.39, 0.29) is 11.9 Å². The van der Waals surface area contributed by atoms with Crippen LogP contribution in [0.25, 0.3) is 0 Å². The topological polar surface area (TPSA) is 20.2 Å². The van der Waals surface area contributed by atoms with Crippen LogP contribution < -0.4 is 0 Å². The summed E-state index contributed by atoms with van der Waals surface area (Å²) >= 11 is 3.21. The van der Waals surface area contributed by atoms with E-state index in [2.05, 4.69) is 15.9 Å². The number of aliphatic hydroxyl groups is 1. The Kier molecular flexibility index (Phi) is 5.26. The minimum atomic E-state index is -0.307. The van der Waals surface area contributed by atoms with Crippen LogP contribution in [0.3, 0.4) is 0 Å². The van der Waals surface area contributed by atoms with Gasteiger partial charge in [-0.25, -0.2) is 4.39 Å². The lowest BCUT2D eigenvalue weighted by Crippen LogP contribution is -2.07. The third-order valence-electron chi connectivity index (χ3n) is 2.38. The molecule has 0 aliphatic heterocycles. The first-order valence-corrected chi connectivity index (χ1v) is 6.04. The molecule has 3 heteroatoms. The molecule has 0 radical (unpaired) electrons. The normalized spacial score (nSPS) is 12.8. The number of aryl methyl sites for hydroxylation is 1. The number of halogens is 2. The van der Waals surface area contributed by atoms with Gasteiger partial charge in [0, 0.05) is 4.47 Å². The van der Waals surface area contributed by atoms with Crippen LogP contribution >= 0.6 is 15.9 Å². The maximum Gasteiger partial charge on any atom is 0.127 e. The number of hydrogen-bond acceptors (Lipinski definition) is 1. The molecule has 0 spiro atoms. The van der Waals surface area contributed by atoms with Crippen LogP contribution in [-0.2, 0) is 6.42 Å². The molecule has 1 nitrogen and oxygen atoms in total. The predicted octanol–water partition coefficient (Wildman–Crippen LogP) is 3.68. The fourth-order valence-electron chi connectivity index (χ4n) is 1.52. The number of benzene rings is 1. The molecule has 0 fully saturated rings. The summed E-state index contributed by atoms with van der Waals surface area (Å²) in [6, 6.07) is 5.05. The molecule has 1 aromatic carbocycles. The summed E-state index contributed by atoms with van der Waals surface area (Å²) in [5.74, 6) is -0.201. The van der Waals surface area contributed by atoms with Gasteiger partial charge < -0.3 is 5.11 Å². The summed E-state index contributed by atoms with van der Waals surface area (Å²) in [5.41, 5.74) is 0.674. The molecule has 1 rings (SSSR count). The second-order valence-electron chi connectivity index (χ2n) is 3.72.